The number of nitrogens with one attached hydrogen (secondary N) is 1. The lowest BCUT2D eigenvalue weighted by Gasteiger charge is -2.38. The van der Waals surface area contributed by atoms with Crippen molar-refractivity contribution < 1.29 is 9.18 Å². The van der Waals surface area contributed by atoms with Crippen LogP contribution >= 0.6 is 0 Å². The maximum absolute atomic E-state index is 13.2. The van der Waals surface area contributed by atoms with Gasteiger partial charge in [0.25, 0.3) is 0 Å². The summed E-state index contributed by atoms with van der Waals surface area (Å²) < 4.78 is 13.2. The van der Waals surface area contributed by atoms with Gasteiger partial charge in [0.15, 0.2) is 0 Å². The summed E-state index contributed by atoms with van der Waals surface area (Å²) in [6.45, 7) is 8.37. The lowest BCUT2D eigenvalue weighted by Crippen LogP contribution is -2.52. The van der Waals surface area contributed by atoms with Gasteiger partial charge < -0.3 is 5.32 Å². The molecule has 0 saturated carbocycles. The zero-order valence-electron chi connectivity index (χ0n) is 12.9. The zero-order chi connectivity index (χ0) is 15.1. The lowest BCUT2D eigenvalue weighted by molar-refractivity contribution is -0.129. The molecule has 0 bridgehead atoms. The van der Waals surface area contributed by atoms with Gasteiger partial charge in [-0.2, -0.15) is 0 Å². The van der Waals surface area contributed by atoms with Crippen LogP contribution in [-0.4, -0.2) is 30.9 Å². The number of amides is 1. The molecule has 0 aliphatic carbocycles. The first-order valence-electron chi connectivity index (χ1n) is 7.20. The Morgan fingerprint density at radius 3 is 2.45 bits per heavy atom. The molecular formula is C16H25FN2O. The van der Waals surface area contributed by atoms with Gasteiger partial charge in [-0.05, 0) is 30.2 Å². The Morgan fingerprint density at radius 2 is 1.95 bits per heavy atom. The van der Waals surface area contributed by atoms with Crippen molar-refractivity contribution in [3.63, 3.8) is 0 Å². The molecule has 3 nitrogen and oxygen atoms in total. The van der Waals surface area contributed by atoms with Crippen molar-refractivity contribution in [3.8, 4) is 0 Å². The molecule has 0 spiro atoms. The van der Waals surface area contributed by atoms with E-state index in [1.807, 2.05) is 13.0 Å². The van der Waals surface area contributed by atoms with E-state index in [2.05, 4.69) is 24.1 Å². The summed E-state index contributed by atoms with van der Waals surface area (Å²) in [5.74, 6) is -0.00490. The van der Waals surface area contributed by atoms with E-state index in [1.165, 1.54) is 12.5 Å². The third-order valence-corrected chi connectivity index (χ3v) is 3.08. The first-order chi connectivity index (χ1) is 9.49. The number of carbonyl (C=O) groups excluding carboxylic acids is 1. The predicted molar refractivity (Wildman–Crippen MR) is 79.9 cm³/mol. The van der Waals surface area contributed by atoms with E-state index < -0.39 is 0 Å². The summed E-state index contributed by atoms with van der Waals surface area (Å²) in [7, 11) is 1.65. The Balaban J connectivity index is 0.000000612. The molecule has 2 rings (SSSR count). The Kier molecular flexibility index (Phi) is 6.65. The van der Waals surface area contributed by atoms with E-state index >= 15 is 0 Å². The molecule has 0 unspecified atom stereocenters. The summed E-state index contributed by atoms with van der Waals surface area (Å²) in [6, 6.07) is 5.06. The van der Waals surface area contributed by atoms with Gasteiger partial charge in [0.05, 0.1) is 5.92 Å². The van der Waals surface area contributed by atoms with Gasteiger partial charge in [0.2, 0.25) is 5.91 Å². The number of rotatable bonds is 3. The van der Waals surface area contributed by atoms with Gasteiger partial charge >= 0.3 is 0 Å². The molecular weight excluding hydrogens is 255 g/mol. The molecule has 1 amide bonds. The Morgan fingerprint density at radius 1 is 1.35 bits per heavy atom. The highest BCUT2D eigenvalue weighted by Crippen LogP contribution is 2.19. The smallest absolute Gasteiger partial charge is 0.225 e. The first-order valence-corrected chi connectivity index (χ1v) is 7.20. The van der Waals surface area contributed by atoms with Gasteiger partial charge in [-0.3, -0.25) is 9.69 Å². The van der Waals surface area contributed by atoms with Crippen molar-refractivity contribution in [3.05, 3.63) is 35.1 Å². The van der Waals surface area contributed by atoms with Crippen LogP contribution in [-0.2, 0) is 11.3 Å². The number of nitrogens with zero attached hydrogens (tertiary/aromatic N) is 1. The molecule has 0 radical (unpaired) electrons. The van der Waals surface area contributed by atoms with Crippen LogP contribution in [0.5, 0.6) is 0 Å². The van der Waals surface area contributed by atoms with Crippen molar-refractivity contribution >= 4 is 5.91 Å². The first kappa shape index (κ1) is 16.6. The molecule has 1 N–H and O–H groups in total. The molecule has 0 atom stereocenters. The van der Waals surface area contributed by atoms with E-state index in [4.69, 9.17) is 0 Å². The van der Waals surface area contributed by atoms with Crippen molar-refractivity contribution in [1.29, 1.82) is 0 Å². The number of benzene rings is 1. The second-order valence-corrected chi connectivity index (χ2v) is 5.35. The Bertz CT molecular complexity index is 422. The number of aryl methyl sites for hydroxylation is 1. The van der Waals surface area contributed by atoms with E-state index in [0.29, 0.717) is 6.54 Å². The van der Waals surface area contributed by atoms with Gasteiger partial charge in [0, 0.05) is 26.7 Å². The third kappa shape index (κ3) is 4.93. The molecule has 1 saturated heterocycles. The fourth-order valence-electron chi connectivity index (χ4n) is 2.23. The van der Waals surface area contributed by atoms with Crippen LogP contribution in [0, 0.1) is 18.7 Å². The third-order valence-electron chi connectivity index (χ3n) is 3.08. The summed E-state index contributed by atoms with van der Waals surface area (Å²) in [6.07, 6.45) is 1.25. The van der Waals surface area contributed by atoms with Crippen LogP contribution < -0.4 is 5.32 Å². The highest BCUT2D eigenvalue weighted by Gasteiger charge is 2.31. The number of likely N-dealkylation sites (tertiary alicyclic amines) is 1. The highest BCUT2D eigenvalue weighted by molar-refractivity contribution is 5.79. The van der Waals surface area contributed by atoms with Crippen LogP contribution in [0.25, 0.3) is 0 Å². The van der Waals surface area contributed by atoms with Crippen LogP contribution in [0.2, 0.25) is 0 Å². The van der Waals surface area contributed by atoms with Gasteiger partial charge in [0.1, 0.15) is 5.82 Å². The van der Waals surface area contributed by atoms with Crippen LogP contribution in [0.15, 0.2) is 18.2 Å². The lowest BCUT2D eigenvalue weighted by atomic mass is 9.98. The van der Waals surface area contributed by atoms with E-state index in [9.17, 15) is 9.18 Å². The van der Waals surface area contributed by atoms with Crippen molar-refractivity contribution in [1.82, 2.24) is 10.2 Å². The molecule has 1 aliphatic heterocycles. The molecule has 1 aliphatic rings. The Labute approximate surface area is 121 Å². The SMILES string of the molecule is CCC.CNC(=O)C1CN(Cc2cc(C)cc(F)c2)C1. The molecule has 1 heterocycles. The maximum Gasteiger partial charge on any atom is 0.225 e. The Hall–Kier alpha value is -1.42. The summed E-state index contributed by atoms with van der Waals surface area (Å²) in [5.41, 5.74) is 1.90. The average Bonchev–Trinajstić information content (AvgIpc) is 2.32. The molecule has 4 heteroatoms. The highest BCUT2D eigenvalue weighted by atomic mass is 19.1. The minimum absolute atomic E-state index is 0.0923. The standard InChI is InChI=1S/C13H17FN2O.C3H8/c1-9-3-10(5-12(14)4-9)6-16-7-11(8-16)13(17)15-2;1-3-2/h3-5,11H,6-8H2,1-2H3,(H,15,17);3H2,1-2H3. The fourth-order valence-corrected chi connectivity index (χ4v) is 2.23. The van der Waals surface area contributed by atoms with Gasteiger partial charge in [-0.1, -0.05) is 26.3 Å². The van der Waals surface area contributed by atoms with Crippen LogP contribution in [0.1, 0.15) is 31.4 Å². The largest absolute Gasteiger partial charge is 0.359 e. The fraction of sp³-hybridized carbons (Fsp3) is 0.562. The minimum Gasteiger partial charge on any atom is -0.359 e. The van der Waals surface area contributed by atoms with Crippen molar-refractivity contribution in [2.24, 2.45) is 5.92 Å². The number of halogens is 1. The number of hydrogen-bond acceptors (Lipinski definition) is 2. The molecule has 1 fully saturated rings. The van der Waals surface area contributed by atoms with Crippen LogP contribution in [0.3, 0.4) is 0 Å². The van der Waals surface area contributed by atoms with Gasteiger partial charge in [-0.25, -0.2) is 4.39 Å². The second-order valence-electron chi connectivity index (χ2n) is 5.35. The predicted octanol–water partition coefficient (Wildman–Crippen LogP) is 2.73. The van der Waals surface area contributed by atoms with Crippen molar-refractivity contribution in [2.45, 2.75) is 33.7 Å². The number of carbonyl (C=O) groups is 1. The second kappa shape index (κ2) is 8.00. The molecule has 1 aromatic carbocycles. The number of hydrogen-bond donors (Lipinski definition) is 1. The summed E-state index contributed by atoms with van der Waals surface area (Å²) in [4.78, 5) is 13.4. The topological polar surface area (TPSA) is 32.3 Å². The van der Waals surface area contributed by atoms with E-state index in [-0.39, 0.29) is 17.6 Å². The molecule has 1 aromatic rings. The molecule has 112 valence electrons. The monoisotopic (exact) mass is 280 g/mol. The summed E-state index contributed by atoms with van der Waals surface area (Å²) in [5, 5.41) is 2.64. The average molecular weight is 280 g/mol. The van der Waals surface area contributed by atoms with Crippen LogP contribution in [0.4, 0.5) is 4.39 Å². The molecule has 0 aromatic heterocycles. The van der Waals surface area contributed by atoms with E-state index in [0.717, 1.165) is 24.2 Å². The zero-order valence-corrected chi connectivity index (χ0v) is 12.9. The van der Waals surface area contributed by atoms with E-state index in [1.54, 1.807) is 13.1 Å². The van der Waals surface area contributed by atoms with Crippen molar-refractivity contribution in [2.75, 3.05) is 20.1 Å². The molecule has 20 heavy (non-hydrogen) atoms. The summed E-state index contributed by atoms with van der Waals surface area (Å²) >= 11 is 0. The minimum atomic E-state index is -0.191. The maximum atomic E-state index is 13.2. The van der Waals surface area contributed by atoms with Gasteiger partial charge in [-0.15, -0.1) is 0 Å². The normalized spacial score (nSPS) is 15.1. The quantitative estimate of drug-likeness (QED) is 0.923.